The summed E-state index contributed by atoms with van der Waals surface area (Å²) < 4.78 is 0. The molecule has 0 spiro atoms. The molecule has 1 aliphatic carbocycles. The lowest BCUT2D eigenvalue weighted by Gasteiger charge is -2.20. The normalized spacial score (nSPS) is 22.4. The molecule has 1 aliphatic heterocycles. The van der Waals surface area contributed by atoms with Gasteiger partial charge in [0.25, 0.3) is 0 Å². The van der Waals surface area contributed by atoms with Crippen LogP contribution in [0.5, 0.6) is 0 Å². The minimum absolute atomic E-state index is 0. The fraction of sp³-hybridized carbons (Fsp3) is 0.533. The van der Waals surface area contributed by atoms with Crippen LogP contribution in [0.1, 0.15) is 19.3 Å². The number of guanidine groups is 1. The van der Waals surface area contributed by atoms with Crippen molar-refractivity contribution in [3.63, 3.8) is 0 Å². The zero-order valence-corrected chi connectivity index (χ0v) is 14.2. The number of halogens is 1. The fourth-order valence-corrected chi connectivity index (χ4v) is 2.54. The highest BCUT2D eigenvalue weighted by molar-refractivity contribution is 14.0. The molecule has 3 rings (SSSR count). The van der Waals surface area contributed by atoms with E-state index in [1.54, 1.807) is 0 Å². The van der Waals surface area contributed by atoms with Crippen LogP contribution in [0.25, 0.3) is 0 Å². The van der Waals surface area contributed by atoms with Gasteiger partial charge in [-0.1, -0.05) is 18.2 Å². The molecule has 1 aromatic carbocycles. The van der Waals surface area contributed by atoms with Crippen LogP contribution in [0.4, 0.5) is 5.69 Å². The number of nitrogens with zero attached hydrogens (tertiary/aromatic N) is 2. The van der Waals surface area contributed by atoms with E-state index in [9.17, 15) is 0 Å². The molecule has 0 radical (unpaired) electrons. The van der Waals surface area contributed by atoms with Gasteiger partial charge in [-0.05, 0) is 31.4 Å². The smallest absolute Gasteiger partial charge is 0.191 e. The molecule has 1 saturated carbocycles. The second kappa shape index (κ2) is 7.15. The monoisotopic (exact) mass is 386 g/mol. The predicted molar refractivity (Wildman–Crippen MR) is 95.1 cm³/mol. The topological polar surface area (TPSA) is 39.7 Å². The second-order valence-electron chi connectivity index (χ2n) is 5.40. The zero-order chi connectivity index (χ0) is 13.1. The van der Waals surface area contributed by atoms with Crippen molar-refractivity contribution in [2.24, 2.45) is 4.99 Å². The third-order valence-electron chi connectivity index (χ3n) is 3.79. The molecule has 0 amide bonds. The molecule has 0 bridgehead atoms. The van der Waals surface area contributed by atoms with Gasteiger partial charge in [-0.25, -0.2) is 0 Å². The van der Waals surface area contributed by atoms with E-state index in [4.69, 9.17) is 0 Å². The maximum atomic E-state index is 4.31. The Hall–Kier alpha value is -0.980. The highest BCUT2D eigenvalue weighted by atomic mass is 127. The van der Waals surface area contributed by atoms with Crippen LogP contribution in [-0.2, 0) is 0 Å². The number of benzene rings is 1. The Labute approximate surface area is 138 Å². The Kier molecular flexibility index (Phi) is 5.51. The summed E-state index contributed by atoms with van der Waals surface area (Å²) in [6.07, 6.45) is 3.73. The van der Waals surface area contributed by atoms with Gasteiger partial charge in [0.15, 0.2) is 5.96 Å². The third-order valence-corrected chi connectivity index (χ3v) is 3.79. The van der Waals surface area contributed by atoms with Gasteiger partial charge in [-0.3, -0.25) is 4.99 Å². The Morgan fingerprint density at radius 2 is 1.80 bits per heavy atom. The number of rotatable bonds is 3. The van der Waals surface area contributed by atoms with Crippen LogP contribution in [0.2, 0.25) is 0 Å². The Bertz CT molecular complexity index is 444. The molecule has 2 N–H and O–H groups in total. The number of hydrogen-bond donors (Lipinski definition) is 2. The van der Waals surface area contributed by atoms with E-state index in [1.807, 2.05) is 7.05 Å². The number of hydrogen-bond acceptors (Lipinski definition) is 2. The maximum absolute atomic E-state index is 4.31. The first kappa shape index (κ1) is 15.4. The zero-order valence-electron chi connectivity index (χ0n) is 11.9. The molecule has 1 saturated heterocycles. The summed E-state index contributed by atoms with van der Waals surface area (Å²) in [5.74, 6) is 0.961. The van der Waals surface area contributed by atoms with Gasteiger partial charge < -0.3 is 15.5 Å². The molecular weight excluding hydrogens is 363 g/mol. The van der Waals surface area contributed by atoms with Gasteiger partial charge in [-0.2, -0.15) is 0 Å². The van der Waals surface area contributed by atoms with Crippen molar-refractivity contribution in [2.45, 2.75) is 31.3 Å². The molecule has 5 heteroatoms. The van der Waals surface area contributed by atoms with E-state index in [2.05, 4.69) is 50.9 Å². The van der Waals surface area contributed by atoms with E-state index in [-0.39, 0.29) is 24.0 Å². The van der Waals surface area contributed by atoms with E-state index >= 15 is 0 Å². The molecule has 1 aromatic rings. The van der Waals surface area contributed by atoms with Gasteiger partial charge in [0.1, 0.15) is 0 Å². The lowest BCUT2D eigenvalue weighted by Crippen LogP contribution is -2.45. The van der Waals surface area contributed by atoms with Crippen molar-refractivity contribution in [1.82, 2.24) is 10.6 Å². The van der Waals surface area contributed by atoms with Gasteiger partial charge in [-0.15, -0.1) is 24.0 Å². The molecule has 0 aromatic heterocycles. The molecule has 4 nitrogen and oxygen atoms in total. The average molecular weight is 386 g/mol. The van der Waals surface area contributed by atoms with Crippen molar-refractivity contribution < 1.29 is 0 Å². The van der Waals surface area contributed by atoms with E-state index in [0.29, 0.717) is 12.1 Å². The average Bonchev–Trinajstić information content (AvgIpc) is 3.15. The van der Waals surface area contributed by atoms with Gasteiger partial charge in [0, 0.05) is 37.9 Å². The minimum atomic E-state index is 0. The quantitative estimate of drug-likeness (QED) is 0.476. The van der Waals surface area contributed by atoms with E-state index < -0.39 is 0 Å². The molecule has 2 aliphatic rings. The predicted octanol–water partition coefficient (Wildman–Crippen LogP) is 2.21. The van der Waals surface area contributed by atoms with Crippen molar-refractivity contribution in [3.8, 4) is 0 Å². The van der Waals surface area contributed by atoms with Crippen LogP contribution in [-0.4, -0.2) is 38.2 Å². The first-order valence-corrected chi connectivity index (χ1v) is 7.15. The first-order chi connectivity index (χ1) is 9.35. The van der Waals surface area contributed by atoms with Crippen LogP contribution in [0.3, 0.4) is 0 Å². The largest absolute Gasteiger partial charge is 0.369 e. The lowest BCUT2D eigenvalue weighted by atomic mass is 10.3. The van der Waals surface area contributed by atoms with E-state index in [1.165, 1.54) is 24.9 Å². The molecule has 1 unspecified atom stereocenters. The molecule has 20 heavy (non-hydrogen) atoms. The number of nitrogens with one attached hydrogen (secondary N) is 2. The first-order valence-electron chi connectivity index (χ1n) is 7.15. The van der Waals surface area contributed by atoms with Crippen molar-refractivity contribution >= 4 is 35.6 Å². The number of para-hydroxylation sites is 1. The number of anilines is 1. The van der Waals surface area contributed by atoms with Gasteiger partial charge >= 0.3 is 0 Å². The number of aliphatic imine (C=N–C) groups is 1. The van der Waals surface area contributed by atoms with Crippen LogP contribution in [0, 0.1) is 0 Å². The lowest BCUT2D eigenvalue weighted by molar-refractivity contribution is 0.648. The summed E-state index contributed by atoms with van der Waals surface area (Å²) in [5.41, 5.74) is 1.32. The van der Waals surface area contributed by atoms with Gasteiger partial charge in [0.2, 0.25) is 0 Å². The minimum Gasteiger partial charge on any atom is -0.369 e. The van der Waals surface area contributed by atoms with Crippen molar-refractivity contribution in [3.05, 3.63) is 30.3 Å². The van der Waals surface area contributed by atoms with Crippen LogP contribution < -0.4 is 15.5 Å². The fourth-order valence-electron chi connectivity index (χ4n) is 2.54. The molecule has 2 fully saturated rings. The summed E-state index contributed by atoms with van der Waals surface area (Å²) >= 11 is 0. The highest BCUT2D eigenvalue weighted by Crippen LogP contribution is 2.20. The van der Waals surface area contributed by atoms with Crippen molar-refractivity contribution in [2.75, 3.05) is 25.0 Å². The van der Waals surface area contributed by atoms with Crippen LogP contribution >= 0.6 is 24.0 Å². The maximum Gasteiger partial charge on any atom is 0.191 e. The molecular formula is C15H23IN4. The summed E-state index contributed by atoms with van der Waals surface area (Å²) in [4.78, 5) is 6.74. The summed E-state index contributed by atoms with van der Waals surface area (Å²) in [6.45, 7) is 2.16. The Balaban J connectivity index is 0.00000147. The molecule has 110 valence electrons. The molecule has 1 atom stereocenters. The standard InChI is InChI=1S/C15H22N4.HI/c1-16-15(17-12-7-8-12)18-13-9-10-19(11-13)14-5-3-2-4-6-14;/h2-6,12-13H,7-11H2,1H3,(H2,16,17,18);1H. The second-order valence-corrected chi connectivity index (χ2v) is 5.40. The van der Waals surface area contributed by atoms with E-state index in [0.717, 1.165) is 19.0 Å². The van der Waals surface area contributed by atoms with Crippen LogP contribution in [0.15, 0.2) is 35.3 Å². The Morgan fingerprint density at radius 3 is 2.45 bits per heavy atom. The summed E-state index contributed by atoms with van der Waals surface area (Å²) in [7, 11) is 1.85. The van der Waals surface area contributed by atoms with Gasteiger partial charge in [0.05, 0.1) is 0 Å². The third kappa shape index (κ3) is 4.01. The summed E-state index contributed by atoms with van der Waals surface area (Å²) in [6, 6.07) is 11.8. The summed E-state index contributed by atoms with van der Waals surface area (Å²) in [5, 5.41) is 6.98. The SMILES string of the molecule is CN=C(NC1CC1)NC1CCN(c2ccccc2)C1.I. The molecule has 1 heterocycles. The van der Waals surface area contributed by atoms with Crippen molar-refractivity contribution in [1.29, 1.82) is 0 Å². The Morgan fingerprint density at radius 1 is 1.10 bits per heavy atom. The highest BCUT2D eigenvalue weighted by Gasteiger charge is 2.26.